The van der Waals surface area contributed by atoms with Gasteiger partial charge >= 0.3 is 0 Å². The van der Waals surface area contributed by atoms with Crippen LogP contribution in [0.25, 0.3) is 0 Å². The van der Waals surface area contributed by atoms with Gasteiger partial charge in [0.1, 0.15) is 0 Å². The van der Waals surface area contributed by atoms with E-state index in [9.17, 15) is 4.79 Å². The minimum Gasteiger partial charge on any atom is -0.352 e. The third-order valence-corrected chi connectivity index (χ3v) is 7.93. The highest BCUT2D eigenvalue weighted by Crippen LogP contribution is 2.68. The van der Waals surface area contributed by atoms with Crippen molar-refractivity contribution in [3.63, 3.8) is 0 Å². The predicted octanol–water partition coefficient (Wildman–Crippen LogP) is 5.73. The molecule has 4 fully saturated rings. The first-order valence-electron chi connectivity index (χ1n) is 10.4. The summed E-state index contributed by atoms with van der Waals surface area (Å²) in [6.45, 7) is 0.644. The maximum absolute atomic E-state index is 13.4. The zero-order chi connectivity index (χ0) is 18.5. The summed E-state index contributed by atoms with van der Waals surface area (Å²) in [5.41, 5.74) is 2.86. The number of hydrogen-bond acceptors (Lipinski definition) is 1. The second kappa shape index (κ2) is 6.51. The number of allylic oxidation sites excluding steroid dienone is 4. The molecule has 2 unspecified atom stereocenters. The molecule has 142 valence electrons. The summed E-state index contributed by atoms with van der Waals surface area (Å²) in [7, 11) is 0. The van der Waals surface area contributed by atoms with Crippen molar-refractivity contribution in [3.8, 4) is 0 Å². The number of rotatable bonds is 4. The molecule has 3 heteroatoms. The van der Waals surface area contributed by atoms with Crippen LogP contribution in [0.4, 0.5) is 0 Å². The lowest BCUT2D eigenvalue weighted by molar-refractivity contribution is -0.153. The number of hydrogen-bond donors (Lipinski definition) is 1. The van der Waals surface area contributed by atoms with Crippen molar-refractivity contribution in [3.05, 3.63) is 58.7 Å². The van der Waals surface area contributed by atoms with Gasteiger partial charge in [0.15, 0.2) is 0 Å². The fraction of sp³-hybridized carbons (Fsp3) is 0.542. The molecule has 6 rings (SSSR count). The minimum absolute atomic E-state index is 0.148. The van der Waals surface area contributed by atoms with E-state index in [2.05, 4.69) is 29.6 Å². The van der Waals surface area contributed by atoms with E-state index in [0.29, 0.717) is 12.5 Å². The Kier molecular flexibility index (Phi) is 4.23. The maximum Gasteiger partial charge on any atom is 0.226 e. The third kappa shape index (κ3) is 3.06. The molecule has 4 bridgehead atoms. The van der Waals surface area contributed by atoms with Gasteiger partial charge in [0.05, 0.1) is 5.41 Å². The Morgan fingerprint density at radius 1 is 1.04 bits per heavy atom. The molecule has 0 aliphatic heterocycles. The second-order valence-electron chi connectivity index (χ2n) is 9.50. The highest BCUT2D eigenvalue weighted by atomic mass is 35.5. The van der Waals surface area contributed by atoms with Gasteiger partial charge in [0.2, 0.25) is 5.91 Å². The van der Waals surface area contributed by atoms with Gasteiger partial charge in [-0.05, 0) is 80.3 Å². The Balaban J connectivity index is 1.39. The molecule has 0 saturated heterocycles. The predicted molar refractivity (Wildman–Crippen MR) is 109 cm³/mol. The summed E-state index contributed by atoms with van der Waals surface area (Å²) in [5.74, 6) is 1.74. The quantitative estimate of drug-likeness (QED) is 0.708. The Hall–Kier alpha value is -1.54. The summed E-state index contributed by atoms with van der Waals surface area (Å²) in [5, 5.41) is 4.26. The van der Waals surface area contributed by atoms with Crippen LogP contribution in [-0.2, 0) is 11.3 Å². The van der Waals surface area contributed by atoms with Crippen molar-refractivity contribution in [1.29, 1.82) is 0 Å². The van der Waals surface area contributed by atoms with Crippen molar-refractivity contribution in [1.82, 2.24) is 5.32 Å². The Bertz CT molecular complexity index is 795. The SMILES string of the molecule is O=C(NCc1ccccc1)C12CC3CC(C1)CC(C1=CC=C(Cl)CC1)(C3)C2. The summed E-state index contributed by atoms with van der Waals surface area (Å²) in [6, 6.07) is 10.3. The highest BCUT2D eigenvalue weighted by Gasteiger charge is 2.61. The topological polar surface area (TPSA) is 29.1 Å². The molecular weight excluding hydrogens is 354 g/mol. The fourth-order valence-electron chi connectivity index (χ4n) is 6.92. The number of benzene rings is 1. The van der Waals surface area contributed by atoms with Crippen molar-refractivity contribution >= 4 is 17.5 Å². The highest BCUT2D eigenvalue weighted by molar-refractivity contribution is 6.29. The molecule has 0 aromatic heterocycles. The first-order chi connectivity index (χ1) is 13.1. The normalized spacial score (nSPS) is 36.9. The van der Waals surface area contributed by atoms with Crippen LogP contribution in [0.3, 0.4) is 0 Å². The van der Waals surface area contributed by atoms with Gasteiger partial charge in [-0.25, -0.2) is 0 Å². The van der Waals surface area contributed by atoms with E-state index in [-0.39, 0.29) is 10.8 Å². The number of halogens is 1. The molecule has 0 radical (unpaired) electrons. The van der Waals surface area contributed by atoms with Crippen LogP contribution in [0.1, 0.15) is 56.9 Å². The Morgan fingerprint density at radius 3 is 2.44 bits per heavy atom. The number of carbonyl (C=O) groups excluding carboxylic acids is 1. The molecule has 1 aromatic carbocycles. The standard InChI is InChI=1S/C24H28ClNO/c25-21-8-6-20(7-9-21)23-11-18-10-19(12-23)14-24(13-18,16-23)22(27)26-15-17-4-2-1-3-5-17/h1-6,8,18-19H,7,9-16H2,(H,26,27). The van der Waals surface area contributed by atoms with Crippen LogP contribution >= 0.6 is 11.6 Å². The van der Waals surface area contributed by atoms with Crippen LogP contribution in [-0.4, -0.2) is 5.91 Å². The van der Waals surface area contributed by atoms with Crippen LogP contribution in [0, 0.1) is 22.7 Å². The summed E-state index contributed by atoms with van der Waals surface area (Å²) in [6.07, 6.45) is 13.6. The molecule has 1 aromatic rings. The second-order valence-corrected chi connectivity index (χ2v) is 9.98. The molecule has 0 heterocycles. The number of nitrogens with one attached hydrogen (secondary N) is 1. The third-order valence-electron chi connectivity index (χ3n) is 7.62. The summed E-state index contributed by atoms with van der Waals surface area (Å²) in [4.78, 5) is 13.4. The molecule has 0 spiro atoms. The average molecular weight is 382 g/mol. The van der Waals surface area contributed by atoms with Gasteiger partial charge in [-0.15, -0.1) is 0 Å². The van der Waals surface area contributed by atoms with Gasteiger partial charge in [-0.1, -0.05) is 53.6 Å². The van der Waals surface area contributed by atoms with Crippen molar-refractivity contribution < 1.29 is 4.79 Å². The Labute approximate surface area is 167 Å². The van der Waals surface area contributed by atoms with E-state index in [0.717, 1.165) is 49.0 Å². The number of amides is 1. The monoisotopic (exact) mass is 381 g/mol. The van der Waals surface area contributed by atoms with Crippen LogP contribution in [0.2, 0.25) is 0 Å². The van der Waals surface area contributed by atoms with Gasteiger partial charge < -0.3 is 5.32 Å². The molecule has 1 N–H and O–H groups in total. The first kappa shape index (κ1) is 17.6. The number of carbonyl (C=O) groups is 1. The summed E-state index contributed by atoms with van der Waals surface area (Å²) < 4.78 is 0. The molecule has 5 aliphatic carbocycles. The average Bonchev–Trinajstić information content (AvgIpc) is 2.66. The fourth-order valence-corrected chi connectivity index (χ4v) is 7.08. The zero-order valence-corrected chi connectivity index (χ0v) is 16.6. The van der Waals surface area contributed by atoms with E-state index in [1.807, 2.05) is 18.2 Å². The lowest BCUT2D eigenvalue weighted by Gasteiger charge is -2.62. The maximum atomic E-state index is 13.4. The van der Waals surface area contributed by atoms with E-state index < -0.39 is 0 Å². The van der Waals surface area contributed by atoms with E-state index in [4.69, 9.17) is 11.6 Å². The minimum atomic E-state index is -0.148. The molecular formula is C24H28ClNO. The molecule has 27 heavy (non-hydrogen) atoms. The summed E-state index contributed by atoms with van der Waals surface area (Å²) >= 11 is 6.22. The molecule has 2 nitrogen and oxygen atoms in total. The largest absolute Gasteiger partial charge is 0.352 e. The van der Waals surface area contributed by atoms with Crippen molar-refractivity contribution in [2.75, 3.05) is 0 Å². The van der Waals surface area contributed by atoms with Gasteiger partial charge in [0, 0.05) is 11.6 Å². The van der Waals surface area contributed by atoms with E-state index in [1.165, 1.54) is 24.8 Å². The lowest BCUT2D eigenvalue weighted by atomic mass is 9.42. The lowest BCUT2D eigenvalue weighted by Crippen LogP contribution is -2.58. The zero-order valence-electron chi connectivity index (χ0n) is 15.8. The van der Waals surface area contributed by atoms with E-state index in [1.54, 1.807) is 5.57 Å². The van der Waals surface area contributed by atoms with Crippen LogP contribution < -0.4 is 5.32 Å². The smallest absolute Gasteiger partial charge is 0.226 e. The molecule has 4 saturated carbocycles. The van der Waals surface area contributed by atoms with E-state index >= 15 is 0 Å². The Morgan fingerprint density at radius 2 is 1.78 bits per heavy atom. The molecule has 2 atom stereocenters. The van der Waals surface area contributed by atoms with Crippen LogP contribution in [0.15, 0.2) is 53.1 Å². The first-order valence-corrected chi connectivity index (χ1v) is 10.8. The van der Waals surface area contributed by atoms with Crippen LogP contribution in [0.5, 0.6) is 0 Å². The van der Waals surface area contributed by atoms with Gasteiger partial charge in [-0.2, -0.15) is 0 Å². The molecule has 1 amide bonds. The van der Waals surface area contributed by atoms with Crippen molar-refractivity contribution in [2.45, 2.75) is 57.9 Å². The molecule has 5 aliphatic rings. The van der Waals surface area contributed by atoms with Gasteiger partial charge in [-0.3, -0.25) is 4.79 Å². The van der Waals surface area contributed by atoms with Crippen molar-refractivity contribution in [2.24, 2.45) is 22.7 Å². The van der Waals surface area contributed by atoms with Gasteiger partial charge in [0.25, 0.3) is 0 Å².